The molecule has 0 bridgehead atoms. The maximum absolute atomic E-state index is 7.17. The molecule has 0 fully saturated rings. The Kier molecular flexibility index (Phi) is 26.3. The van der Waals surface area contributed by atoms with Crippen molar-refractivity contribution in [3.8, 4) is 0 Å². The summed E-state index contributed by atoms with van der Waals surface area (Å²) in [7, 11) is -2.17. The Hall–Kier alpha value is 0.744. The minimum atomic E-state index is -2.17. The fourth-order valence-corrected chi connectivity index (χ4v) is 5.75. The average molecular weight is 407 g/mol. The molecule has 0 saturated heterocycles. The Morgan fingerprint density at radius 2 is 0.857 bits per heavy atom. The maximum atomic E-state index is 7.17. The molecule has 0 aliphatic heterocycles. The first-order valence-corrected chi connectivity index (χ1v) is 12.9. The number of hydrogen-bond donors (Lipinski definition) is 3. The predicted octanol–water partition coefficient (Wildman–Crippen LogP) is 4.20. The molecule has 0 spiro atoms. The van der Waals surface area contributed by atoms with Crippen molar-refractivity contribution in [2.45, 2.75) is 99.8 Å². The third kappa shape index (κ3) is 33.5. The summed E-state index contributed by atoms with van der Waals surface area (Å²) in [6.45, 7) is 4.60. The van der Waals surface area contributed by atoms with Crippen molar-refractivity contribution in [2.24, 2.45) is 0 Å². The van der Waals surface area contributed by atoms with Crippen LogP contribution < -0.4 is 0 Å². The largest absolute Gasteiger partial charge is 0.631 e. The van der Waals surface area contributed by atoms with Gasteiger partial charge in [-0.15, -0.1) is 0 Å². The van der Waals surface area contributed by atoms with Crippen molar-refractivity contribution in [2.75, 3.05) is 0 Å². The van der Waals surface area contributed by atoms with Crippen LogP contribution in [0.1, 0.15) is 90.9 Å². The van der Waals surface area contributed by atoms with Crippen molar-refractivity contribution in [3.63, 3.8) is 0 Å². The Bertz CT molecular complexity index is 155. The van der Waals surface area contributed by atoms with E-state index in [0.29, 0.717) is 0 Å². The summed E-state index contributed by atoms with van der Waals surface area (Å²) in [5, 5.41) is 21.5. The molecule has 0 aromatic heterocycles. The van der Waals surface area contributed by atoms with Gasteiger partial charge in [-0.25, -0.2) is 0 Å². The van der Waals surface area contributed by atoms with E-state index in [2.05, 4.69) is 13.8 Å². The van der Waals surface area contributed by atoms with Gasteiger partial charge in [-0.3, -0.25) is 0 Å². The van der Waals surface area contributed by atoms with E-state index in [9.17, 15) is 0 Å². The third-order valence-electron chi connectivity index (χ3n) is 3.41. The molecule has 0 aromatic carbocycles. The quantitative estimate of drug-likeness (QED) is 0.299. The van der Waals surface area contributed by atoms with Gasteiger partial charge in [-0.1, -0.05) is 0 Å². The summed E-state index contributed by atoms with van der Waals surface area (Å²) in [6, 6.07) is 0. The molecule has 0 heterocycles. The van der Waals surface area contributed by atoms with E-state index in [4.69, 9.17) is 15.1 Å². The maximum Gasteiger partial charge on any atom is 0.631 e. The van der Waals surface area contributed by atoms with Gasteiger partial charge in [-0.05, 0) is 0 Å². The first-order chi connectivity index (χ1) is 10.1. The van der Waals surface area contributed by atoms with Gasteiger partial charge in [0.15, 0.2) is 0 Å². The molecule has 0 amide bonds. The van der Waals surface area contributed by atoms with Crippen LogP contribution in [0, 0.1) is 0 Å². The van der Waals surface area contributed by atoms with Crippen LogP contribution in [0.3, 0.4) is 0 Å². The summed E-state index contributed by atoms with van der Waals surface area (Å²) >= 11 is 0.0736. The normalized spacial score (nSPS) is 10.1. The standard InChI is InChI=1S/2C8H17.BH3O3.Sn/c2*1-3-5-7-8-6-4-2;2-1(3)4;/h2*1,3-8H2,2H3;2-4H;. The molecule has 126 valence electrons. The second kappa shape index (κ2) is 23.0. The Morgan fingerprint density at radius 3 is 1.19 bits per heavy atom. The Morgan fingerprint density at radius 1 is 0.571 bits per heavy atom. The molecular formula is C16H37BO3Sn. The van der Waals surface area contributed by atoms with Crippen LogP contribution >= 0.6 is 0 Å². The first kappa shape index (κ1) is 24.0. The van der Waals surface area contributed by atoms with E-state index < -0.39 is 7.32 Å². The third-order valence-corrected chi connectivity index (χ3v) is 7.45. The Balaban J connectivity index is 0. The molecule has 0 aromatic rings. The molecule has 0 aliphatic rings. The minimum Gasteiger partial charge on any atom is -0.402 e. The summed E-state index contributed by atoms with van der Waals surface area (Å²) in [6.07, 6.45) is 17.8. The molecule has 3 N–H and O–H groups in total. The number of rotatable bonds is 14. The van der Waals surface area contributed by atoms with Crippen LogP contribution in [0.15, 0.2) is 0 Å². The zero-order valence-electron chi connectivity index (χ0n) is 14.3. The second-order valence-corrected chi connectivity index (χ2v) is 9.91. The topological polar surface area (TPSA) is 60.7 Å². The zero-order valence-corrected chi connectivity index (χ0v) is 17.2. The van der Waals surface area contributed by atoms with Gasteiger partial charge >= 0.3 is 128 Å². The van der Waals surface area contributed by atoms with Crippen LogP contribution in [0.25, 0.3) is 0 Å². The van der Waals surface area contributed by atoms with E-state index in [-0.39, 0.29) is 21.1 Å². The molecule has 3 nitrogen and oxygen atoms in total. The van der Waals surface area contributed by atoms with E-state index in [1.54, 1.807) is 21.7 Å². The van der Waals surface area contributed by atoms with Crippen LogP contribution in [0.4, 0.5) is 0 Å². The summed E-state index contributed by atoms with van der Waals surface area (Å²) < 4.78 is 3.31. The van der Waals surface area contributed by atoms with E-state index in [0.717, 1.165) is 0 Å². The van der Waals surface area contributed by atoms with Crippen molar-refractivity contribution >= 4 is 28.5 Å². The summed E-state index contributed by atoms with van der Waals surface area (Å²) in [5.74, 6) is 0. The molecule has 0 atom stereocenters. The SMILES string of the molecule is CCCCCCC[CH2][Sn][CH2]CCCCCCC.OB(O)O. The van der Waals surface area contributed by atoms with Crippen molar-refractivity contribution < 1.29 is 15.1 Å². The number of unbranched alkanes of at least 4 members (excludes halogenated alkanes) is 10. The fourth-order valence-electron chi connectivity index (χ4n) is 2.19. The first-order valence-electron chi connectivity index (χ1n) is 8.90. The van der Waals surface area contributed by atoms with Gasteiger partial charge in [0.1, 0.15) is 0 Å². The van der Waals surface area contributed by atoms with Gasteiger partial charge < -0.3 is 15.1 Å². The zero-order chi connectivity index (χ0) is 16.2. The molecule has 0 aliphatic carbocycles. The van der Waals surface area contributed by atoms with Crippen LogP contribution in [-0.2, 0) is 0 Å². The fraction of sp³-hybridized carbons (Fsp3) is 1.00. The minimum absolute atomic E-state index is 0.0736. The van der Waals surface area contributed by atoms with Crippen LogP contribution in [0.5, 0.6) is 0 Å². The van der Waals surface area contributed by atoms with Gasteiger partial charge in [0.05, 0.1) is 0 Å². The van der Waals surface area contributed by atoms with E-state index >= 15 is 0 Å². The van der Waals surface area contributed by atoms with Crippen molar-refractivity contribution in [1.82, 2.24) is 0 Å². The molecule has 0 unspecified atom stereocenters. The molecule has 0 rings (SSSR count). The Labute approximate surface area is 143 Å². The monoisotopic (exact) mass is 408 g/mol. The molecular weight excluding hydrogens is 370 g/mol. The smallest absolute Gasteiger partial charge is 0.402 e. The number of hydrogen-bond acceptors (Lipinski definition) is 3. The predicted molar refractivity (Wildman–Crippen MR) is 94.5 cm³/mol. The van der Waals surface area contributed by atoms with Gasteiger partial charge in [-0.2, -0.15) is 0 Å². The van der Waals surface area contributed by atoms with Crippen LogP contribution in [0.2, 0.25) is 8.87 Å². The molecule has 0 saturated carbocycles. The van der Waals surface area contributed by atoms with Crippen molar-refractivity contribution in [3.05, 3.63) is 0 Å². The molecule has 2 radical (unpaired) electrons. The van der Waals surface area contributed by atoms with Crippen molar-refractivity contribution in [1.29, 1.82) is 0 Å². The summed E-state index contributed by atoms with van der Waals surface area (Å²) in [4.78, 5) is 0. The van der Waals surface area contributed by atoms with E-state index in [1.807, 2.05) is 0 Å². The van der Waals surface area contributed by atoms with Gasteiger partial charge in [0, 0.05) is 0 Å². The summed E-state index contributed by atoms with van der Waals surface area (Å²) in [5.41, 5.74) is 0. The van der Waals surface area contributed by atoms with Gasteiger partial charge in [0.25, 0.3) is 0 Å². The average Bonchev–Trinajstić information content (AvgIpc) is 2.43. The second-order valence-electron chi connectivity index (χ2n) is 5.63. The van der Waals surface area contributed by atoms with E-state index in [1.165, 1.54) is 64.2 Å². The van der Waals surface area contributed by atoms with Crippen LogP contribution in [-0.4, -0.2) is 43.5 Å². The van der Waals surface area contributed by atoms with Gasteiger partial charge in [0.2, 0.25) is 0 Å². The molecule has 5 heteroatoms. The molecule has 21 heavy (non-hydrogen) atoms.